The molecule has 8 heteroatoms. The molecule has 30 heavy (non-hydrogen) atoms. The van der Waals surface area contributed by atoms with Crippen molar-refractivity contribution in [1.29, 1.82) is 0 Å². The Bertz CT molecular complexity index is 1030. The van der Waals surface area contributed by atoms with E-state index >= 15 is 0 Å². The third-order valence-electron chi connectivity index (χ3n) is 4.22. The molecule has 0 fully saturated rings. The summed E-state index contributed by atoms with van der Waals surface area (Å²) < 4.78 is 17.7. The first-order valence-electron chi connectivity index (χ1n) is 8.95. The number of halogens is 2. The van der Waals surface area contributed by atoms with E-state index in [4.69, 9.17) is 14.2 Å². The largest absolute Gasteiger partial charge is 0.497 e. The van der Waals surface area contributed by atoms with E-state index in [2.05, 4.69) is 42.5 Å². The van der Waals surface area contributed by atoms with Gasteiger partial charge in [-0.2, -0.15) is 0 Å². The van der Waals surface area contributed by atoms with Crippen molar-refractivity contribution in [3.8, 4) is 17.2 Å². The van der Waals surface area contributed by atoms with Crippen molar-refractivity contribution in [1.82, 2.24) is 0 Å². The summed E-state index contributed by atoms with van der Waals surface area (Å²) in [4.78, 5) is 12.5. The van der Waals surface area contributed by atoms with Crippen LogP contribution in [0.1, 0.15) is 10.4 Å². The van der Waals surface area contributed by atoms with Crippen LogP contribution < -0.4 is 24.8 Å². The van der Waals surface area contributed by atoms with E-state index < -0.39 is 0 Å². The maximum atomic E-state index is 12.5. The normalized spacial score (nSPS) is 10.3. The van der Waals surface area contributed by atoms with Crippen LogP contribution >= 0.6 is 31.9 Å². The third kappa shape index (κ3) is 5.67. The minimum Gasteiger partial charge on any atom is -0.497 e. The van der Waals surface area contributed by atoms with Crippen molar-refractivity contribution < 1.29 is 19.0 Å². The lowest BCUT2D eigenvalue weighted by Crippen LogP contribution is -2.12. The van der Waals surface area contributed by atoms with Crippen LogP contribution in [0.15, 0.2) is 69.6 Å². The highest BCUT2D eigenvalue weighted by Gasteiger charge is 2.09. The Hall–Kier alpha value is -2.71. The maximum absolute atomic E-state index is 12.5. The number of methoxy groups -OCH3 is 2. The van der Waals surface area contributed by atoms with E-state index in [1.807, 2.05) is 18.2 Å². The average Bonchev–Trinajstić information content (AvgIpc) is 2.76. The molecule has 3 aromatic rings. The molecular weight excluding hydrogens is 516 g/mol. The average molecular weight is 536 g/mol. The second-order valence-electron chi connectivity index (χ2n) is 6.14. The predicted molar refractivity (Wildman–Crippen MR) is 125 cm³/mol. The lowest BCUT2D eigenvalue weighted by atomic mass is 10.2. The number of hydrogen-bond acceptors (Lipinski definition) is 5. The number of anilines is 2. The van der Waals surface area contributed by atoms with Gasteiger partial charge < -0.3 is 24.8 Å². The van der Waals surface area contributed by atoms with Crippen LogP contribution in [0.5, 0.6) is 17.2 Å². The van der Waals surface area contributed by atoms with E-state index in [1.54, 1.807) is 56.7 Å². The molecule has 0 aromatic heterocycles. The Balaban J connectivity index is 1.55. The van der Waals surface area contributed by atoms with E-state index in [0.29, 0.717) is 22.7 Å². The minimum absolute atomic E-state index is 0.215. The highest BCUT2D eigenvalue weighted by atomic mass is 79.9. The van der Waals surface area contributed by atoms with E-state index in [9.17, 15) is 4.79 Å². The molecule has 0 aliphatic rings. The van der Waals surface area contributed by atoms with Crippen molar-refractivity contribution in [2.24, 2.45) is 0 Å². The monoisotopic (exact) mass is 534 g/mol. The van der Waals surface area contributed by atoms with E-state index in [0.717, 1.165) is 20.4 Å². The summed E-state index contributed by atoms with van der Waals surface area (Å²) >= 11 is 6.92. The van der Waals surface area contributed by atoms with Crippen LogP contribution in [-0.4, -0.2) is 26.9 Å². The molecule has 0 unspecified atom stereocenters. The second-order valence-corrected chi connectivity index (χ2v) is 7.84. The number of amides is 1. The fourth-order valence-electron chi connectivity index (χ4n) is 2.58. The molecule has 0 saturated heterocycles. The van der Waals surface area contributed by atoms with Gasteiger partial charge in [-0.05, 0) is 92.5 Å². The highest BCUT2D eigenvalue weighted by molar-refractivity contribution is 9.11. The van der Waals surface area contributed by atoms with Gasteiger partial charge in [0.15, 0.2) is 6.73 Å². The number of nitrogens with one attached hydrogen (secondary N) is 2. The topological polar surface area (TPSA) is 68.8 Å². The number of carbonyl (C=O) groups is 1. The SMILES string of the molecule is COc1ccc(NCOc2ccc(C(=O)Nc3ccc(OC)cc3Br)cc2)c(Br)c1. The summed E-state index contributed by atoms with van der Waals surface area (Å²) in [6, 6.07) is 17.9. The van der Waals surface area contributed by atoms with E-state index in [-0.39, 0.29) is 12.6 Å². The first-order chi connectivity index (χ1) is 14.5. The molecule has 0 aliphatic heterocycles. The number of benzene rings is 3. The molecule has 0 bridgehead atoms. The third-order valence-corrected chi connectivity index (χ3v) is 5.53. The maximum Gasteiger partial charge on any atom is 0.255 e. The van der Waals surface area contributed by atoms with Crippen molar-refractivity contribution >= 4 is 49.1 Å². The lowest BCUT2D eigenvalue weighted by Gasteiger charge is -2.12. The van der Waals surface area contributed by atoms with Gasteiger partial charge >= 0.3 is 0 Å². The molecule has 0 aliphatic carbocycles. The number of hydrogen-bond donors (Lipinski definition) is 2. The molecule has 3 aromatic carbocycles. The van der Waals surface area contributed by atoms with Crippen LogP contribution in [0.3, 0.4) is 0 Å². The molecule has 0 spiro atoms. The molecule has 0 saturated carbocycles. The Kier molecular flexibility index (Phi) is 7.59. The van der Waals surface area contributed by atoms with Gasteiger partial charge in [-0.3, -0.25) is 4.79 Å². The first kappa shape index (κ1) is 22.0. The Labute approximate surface area is 191 Å². The number of carbonyl (C=O) groups excluding carboxylic acids is 1. The fourth-order valence-corrected chi connectivity index (χ4v) is 3.54. The smallest absolute Gasteiger partial charge is 0.255 e. The highest BCUT2D eigenvalue weighted by Crippen LogP contribution is 2.28. The predicted octanol–water partition coefficient (Wildman–Crippen LogP) is 5.93. The fraction of sp³-hybridized carbons (Fsp3) is 0.136. The first-order valence-corrected chi connectivity index (χ1v) is 10.5. The Morgan fingerprint density at radius 3 is 1.87 bits per heavy atom. The van der Waals surface area contributed by atoms with Crippen molar-refractivity contribution in [3.63, 3.8) is 0 Å². The second kappa shape index (κ2) is 10.4. The summed E-state index contributed by atoms with van der Waals surface area (Å²) in [6.45, 7) is 0.273. The van der Waals surface area contributed by atoms with Crippen LogP contribution in [0.25, 0.3) is 0 Å². The number of rotatable bonds is 8. The summed E-state index contributed by atoms with van der Waals surface area (Å²) in [7, 11) is 3.22. The molecule has 156 valence electrons. The van der Waals surface area contributed by atoms with Crippen molar-refractivity contribution in [2.45, 2.75) is 0 Å². The van der Waals surface area contributed by atoms with Gasteiger partial charge in [0.1, 0.15) is 17.2 Å². The minimum atomic E-state index is -0.215. The van der Waals surface area contributed by atoms with Crippen LogP contribution in [0.2, 0.25) is 0 Å². The van der Waals surface area contributed by atoms with Crippen LogP contribution in [-0.2, 0) is 0 Å². The van der Waals surface area contributed by atoms with Gasteiger partial charge in [-0.15, -0.1) is 0 Å². The standard InChI is InChI=1S/C22H20Br2N2O4/c1-28-16-7-9-20(18(23)11-16)25-13-30-15-5-3-14(4-6-15)22(27)26-21-10-8-17(29-2)12-19(21)24/h3-12,25H,13H2,1-2H3,(H,26,27). The van der Waals surface area contributed by atoms with Crippen molar-refractivity contribution in [2.75, 3.05) is 31.6 Å². The zero-order valence-electron chi connectivity index (χ0n) is 16.4. The molecule has 0 heterocycles. The molecule has 2 N–H and O–H groups in total. The Morgan fingerprint density at radius 2 is 1.33 bits per heavy atom. The molecule has 0 radical (unpaired) electrons. The lowest BCUT2D eigenvalue weighted by molar-refractivity contribution is 0.102. The molecule has 0 atom stereocenters. The molecule has 3 rings (SSSR count). The summed E-state index contributed by atoms with van der Waals surface area (Å²) in [5.74, 6) is 1.91. The molecule has 1 amide bonds. The van der Waals surface area contributed by atoms with E-state index in [1.165, 1.54) is 0 Å². The molecular formula is C22H20Br2N2O4. The molecule has 6 nitrogen and oxygen atoms in total. The summed E-state index contributed by atoms with van der Waals surface area (Å²) in [5, 5.41) is 6.05. The van der Waals surface area contributed by atoms with Crippen LogP contribution in [0, 0.1) is 0 Å². The summed E-state index contributed by atoms with van der Waals surface area (Å²) in [6.07, 6.45) is 0. The van der Waals surface area contributed by atoms with Gasteiger partial charge in [-0.25, -0.2) is 0 Å². The van der Waals surface area contributed by atoms with Gasteiger partial charge in [0, 0.05) is 14.5 Å². The van der Waals surface area contributed by atoms with Gasteiger partial charge in [0.2, 0.25) is 0 Å². The zero-order valence-corrected chi connectivity index (χ0v) is 19.5. The van der Waals surface area contributed by atoms with Gasteiger partial charge in [-0.1, -0.05) is 0 Å². The van der Waals surface area contributed by atoms with Crippen molar-refractivity contribution in [3.05, 3.63) is 75.2 Å². The quantitative estimate of drug-likeness (QED) is 0.350. The van der Waals surface area contributed by atoms with Gasteiger partial charge in [0.05, 0.1) is 25.6 Å². The van der Waals surface area contributed by atoms with Gasteiger partial charge in [0.25, 0.3) is 5.91 Å². The zero-order chi connectivity index (χ0) is 21.5. The van der Waals surface area contributed by atoms with Crippen LogP contribution in [0.4, 0.5) is 11.4 Å². The Morgan fingerprint density at radius 1 is 0.800 bits per heavy atom. The number of ether oxygens (including phenoxy) is 3. The summed E-state index contributed by atoms with van der Waals surface area (Å²) in [5.41, 5.74) is 2.07.